The number of carbonyl (C=O) groups is 1. The molecule has 2 amide bonds. The summed E-state index contributed by atoms with van der Waals surface area (Å²) >= 11 is 0. The third-order valence-corrected chi connectivity index (χ3v) is 2.67. The quantitative estimate of drug-likeness (QED) is 0.878. The standard InChI is InChI=1S/C15H17N3O2/c1-20-11-12-4-2-6-14(8-12)18-15(19)17-10-13-5-3-7-16-9-13/h2-9H,10-11H2,1H3,(H2,17,18,19). The molecule has 0 fully saturated rings. The van der Waals surface area contributed by atoms with Crippen LogP contribution in [0.2, 0.25) is 0 Å². The minimum Gasteiger partial charge on any atom is -0.380 e. The fourth-order valence-corrected chi connectivity index (χ4v) is 1.77. The van der Waals surface area contributed by atoms with E-state index in [2.05, 4.69) is 15.6 Å². The van der Waals surface area contributed by atoms with Gasteiger partial charge in [-0.1, -0.05) is 18.2 Å². The van der Waals surface area contributed by atoms with E-state index in [1.807, 2.05) is 36.4 Å². The second kappa shape index (κ2) is 7.25. The van der Waals surface area contributed by atoms with Crippen LogP contribution in [0.15, 0.2) is 48.8 Å². The van der Waals surface area contributed by atoms with Gasteiger partial charge in [0.25, 0.3) is 0 Å². The Hall–Kier alpha value is -2.40. The van der Waals surface area contributed by atoms with Crippen LogP contribution in [0.1, 0.15) is 11.1 Å². The molecule has 0 saturated heterocycles. The zero-order valence-electron chi connectivity index (χ0n) is 11.3. The smallest absolute Gasteiger partial charge is 0.319 e. The number of pyridine rings is 1. The fraction of sp³-hybridized carbons (Fsp3) is 0.200. The summed E-state index contributed by atoms with van der Waals surface area (Å²) in [6, 6.07) is 11.0. The van der Waals surface area contributed by atoms with E-state index in [0.29, 0.717) is 13.2 Å². The van der Waals surface area contributed by atoms with Crippen LogP contribution in [0.3, 0.4) is 0 Å². The van der Waals surface area contributed by atoms with Gasteiger partial charge < -0.3 is 15.4 Å². The van der Waals surface area contributed by atoms with Gasteiger partial charge in [0.2, 0.25) is 0 Å². The minimum absolute atomic E-state index is 0.247. The number of ether oxygens (including phenoxy) is 1. The van der Waals surface area contributed by atoms with Gasteiger partial charge in [0.15, 0.2) is 0 Å². The van der Waals surface area contributed by atoms with Gasteiger partial charge in [0.05, 0.1) is 6.61 Å². The number of aromatic nitrogens is 1. The van der Waals surface area contributed by atoms with Crippen LogP contribution in [0, 0.1) is 0 Å². The molecule has 2 N–H and O–H groups in total. The molecule has 0 aliphatic heterocycles. The fourth-order valence-electron chi connectivity index (χ4n) is 1.77. The van der Waals surface area contributed by atoms with Crippen molar-refractivity contribution < 1.29 is 9.53 Å². The molecule has 2 rings (SSSR count). The van der Waals surface area contributed by atoms with Crippen LogP contribution in [0.25, 0.3) is 0 Å². The molecule has 104 valence electrons. The lowest BCUT2D eigenvalue weighted by atomic mass is 10.2. The number of nitrogens with one attached hydrogen (secondary N) is 2. The van der Waals surface area contributed by atoms with Crippen molar-refractivity contribution in [2.75, 3.05) is 12.4 Å². The summed E-state index contributed by atoms with van der Waals surface area (Å²) in [4.78, 5) is 15.8. The van der Waals surface area contributed by atoms with Crippen molar-refractivity contribution in [1.82, 2.24) is 10.3 Å². The lowest BCUT2D eigenvalue weighted by Crippen LogP contribution is -2.28. The van der Waals surface area contributed by atoms with Gasteiger partial charge in [0.1, 0.15) is 0 Å². The van der Waals surface area contributed by atoms with Gasteiger partial charge in [-0.2, -0.15) is 0 Å². The first kappa shape index (κ1) is 14.0. The zero-order valence-corrected chi connectivity index (χ0v) is 11.3. The molecule has 0 spiro atoms. The van der Waals surface area contributed by atoms with Gasteiger partial charge >= 0.3 is 6.03 Å². The molecular formula is C15H17N3O2. The van der Waals surface area contributed by atoms with E-state index in [4.69, 9.17) is 4.74 Å². The number of amides is 2. The SMILES string of the molecule is COCc1cccc(NC(=O)NCc2cccnc2)c1. The molecule has 20 heavy (non-hydrogen) atoms. The Morgan fingerprint density at radius 2 is 2.10 bits per heavy atom. The molecule has 0 radical (unpaired) electrons. The van der Waals surface area contributed by atoms with Crippen LogP contribution in [-0.2, 0) is 17.9 Å². The van der Waals surface area contributed by atoms with Gasteiger partial charge in [-0.05, 0) is 29.3 Å². The number of hydrogen-bond donors (Lipinski definition) is 2. The molecule has 1 heterocycles. The Labute approximate surface area is 118 Å². The average Bonchev–Trinajstić information content (AvgIpc) is 2.47. The summed E-state index contributed by atoms with van der Waals surface area (Å²) in [6.07, 6.45) is 3.42. The monoisotopic (exact) mass is 271 g/mol. The van der Waals surface area contributed by atoms with E-state index >= 15 is 0 Å². The summed E-state index contributed by atoms with van der Waals surface area (Å²) in [6.45, 7) is 0.963. The number of nitrogens with zero attached hydrogens (tertiary/aromatic N) is 1. The topological polar surface area (TPSA) is 63.2 Å². The predicted molar refractivity (Wildman–Crippen MR) is 77.3 cm³/mol. The molecule has 0 saturated carbocycles. The molecule has 5 nitrogen and oxygen atoms in total. The lowest BCUT2D eigenvalue weighted by Gasteiger charge is -2.08. The van der Waals surface area contributed by atoms with Crippen molar-refractivity contribution in [2.24, 2.45) is 0 Å². The summed E-state index contributed by atoms with van der Waals surface area (Å²) in [5.41, 5.74) is 2.71. The Bertz CT molecular complexity index is 558. The predicted octanol–water partition coefficient (Wildman–Crippen LogP) is 2.55. The van der Waals surface area contributed by atoms with Crippen molar-refractivity contribution in [1.29, 1.82) is 0 Å². The zero-order chi connectivity index (χ0) is 14.2. The molecule has 2 aromatic rings. The molecule has 1 aromatic heterocycles. The minimum atomic E-state index is -0.247. The lowest BCUT2D eigenvalue weighted by molar-refractivity contribution is 0.185. The maximum atomic E-state index is 11.8. The van der Waals surface area contributed by atoms with E-state index in [1.165, 1.54) is 0 Å². The van der Waals surface area contributed by atoms with E-state index in [1.54, 1.807) is 19.5 Å². The highest BCUT2D eigenvalue weighted by molar-refractivity contribution is 5.89. The van der Waals surface area contributed by atoms with Crippen molar-refractivity contribution in [3.8, 4) is 0 Å². The molecule has 0 bridgehead atoms. The number of rotatable bonds is 5. The molecular weight excluding hydrogens is 254 g/mol. The van der Waals surface area contributed by atoms with E-state index in [9.17, 15) is 4.79 Å². The highest BCUT2D eigenvalue weighted by atomic mass is 16.5. The highest BCUT2D eigenvalue weighted by Crippen LogP contribution is 2.11. The van der Waals surface area contributed by atoms with Crippen LogP contribution in [0.4, 0.5) is 10.5 Å². The second-order valence-corrected chi connectivity index (χ2v) is 4.30. The van der Waals surface area contributed by atoms with Crippen LogP contribution >= 0.6 is 0 Å². The molecule has 1 aromatic carbocycles. The van der Waals surface area contributed by atoms with Crippen molar-refractivity contribution in [3.05, 3.63) is 59.9 Å². The number of anilines is 1. The van der Waals surface area contributed by atoms with E-state index in [-0.39, 0.29) is 6.03 Å². The van der Waals surface area contributed by atoms with E-state index < -0.39 is 0 Å². The van der Waals surface area contributed by atoms with Gasteiger partial charge in [-0.25, -0.2) is 4.79 Å². The first-order chi connectivity index (χ1) is 9.78. The molecule has 0 aliphatic rings. The molecule has 0 atom stereocenters. The second-order valence-electron chi connectivity index (χ2n) is 4.30. The Morgan fingerprint density at radius 1 is 1.25 bits per heavy atom. The summed E-state index contributed by atoms with van der Waals surface area (Å²) in [5, 5.41) is 5.56. The molecule has 0 aliphatic carbocycles. The van der Waals surface area contributed by atoms with Crippen molar-refractivity contribution >= 4 is 11.7 Å². The largest absolute Gasteiger partial charge is 0.380 e. The number of hydrogen-bond acceptors (Lipinski definition) is 3. The first-order valence-electron chi connectivity index (χ1n) is 6.29. The summed E-state index contributed by atoms with van der Waals surface area (Å²) in [7, 11) is 1.64. The molecule has 5 heteroatoms. The van der Waals surface area contributed by atoms with Gasteiger partial charge in [0, 0.05) is 31.7 Å². The first-order valence-corrected chi connectivity index (χ1v) is 6.29. The maximum Gasteiger partial charge on any atom is 0.319 e. The third kappa shape index (κ3) is 4.37. The van der Waals surface area contributed by atoms with Gasteiger partial charge in [-0.3, -0.25) is 4.98 Å². The summed E-state index contributed by atoms with van der Waals surface area (Å²) in [5.74, 6) is 0. The number of carbonyl (C=O) groups excluding carboxylic acids is 1. The number of methoxy groups -OCH3 is 1. The van der Waals surface area contributed by atoms with E-state index in [0.717, 1.165) is 16.8 Å². The maximum absolute atomic E-state index is 11.8. The Kier molecular flexibility index (Phi) is 5.08. The van der Waals surface area contributed by atoms with Crippen LogP contribution < -0.4 is 10.6 Å². The van der Waals surface area contributed by atoms with Crippen molar-refractivity contribution in [3.63, 3.8) is 0 Å². The molecule has 0 unspecified atom stereocenters. The van der Waals surface area contributed by atoms with Crippen LogP contribution in [0.5, 0.6) is 0 Å². The average molecular weight is 271 g/mol. The third-order valence-electron chi connectivity index (χ3n) is 2.67. The van der Waals surface area contributed by atoms with Crippen molar-refractivity contribution in [2.45, 2.75) is 13.2 Å². The van der Waals surface area contributed by atoms with Crippen LogP contribution in [-0.4, -0.2) is 18.1 Å². The highest BCUT2D eigenvalue weighted by Gasteiger charge is 2.02. The number of benzene rings is 1. The Morgan fingerprint density at radius 3 is 2.85 bits per heavy atom. The normalized spacial score (nSPS) is 10.1. The summed E-state index contributed by atoms with van der Waals surface area (Å²) < 4.78 is 5.06. The van der Waals surface area contributed by atoms with Gasteiger partial charge in [-0.15, -0.1) is 0 Å². The Balaban J connectivity index is 1.86. The number of urea groups is 1.